The van der Waals surface area contributed by atoms with Crippen molar-refractivity contribution in [3.63, 3.8) is 0 Å². The molecule has 0 bridgehead atoms. The number of amides is 3. The molecule has 3 aromatic rings. The van der Waals surface area contributed by atoms with Crippen molar-refractivity contribution in [2.24, 2.45) is 0 Å². The van der Waals surface area contributed by atoms with E-state index >= 15 is 0 Å². The fourth-order valence-electron chi connectivity index (χ4n) is 3.29. The number of urea groups is 1. The van der Waals surface area contributed by atoms with Crippen LogP contribution in [0.5, 0.6) is 0 Å². The first-order valence-corrected chi connectivity index (χ1v) is 8.85. The van der Waals surface area contributed by atoms with Gasteiger partial charge < -0.3 is 16.0 Å². The van der Waals surface area contributed by atoms with Crippen molar-refractivity contribution in [2.45, 2.75) is 6.54 Å². The highest BCUT2D eigenvalue weighted by atomic mass is 16.6. The summed E-state index contributed by atoms with van der Waals surface area (Å²) < 4.78 is 0. The molecule has 0 saturated carbocycles. The van der Waals surface area contributed by atoms with Gasteiger partial charge in [-0.3, -0.25) is 14.9 Å². The lowest BCUT2D eigenvalue weighted by Crippen LogP contribution is -2.21. The molecule has 0 aromatic heterocycles. The van der Waals surface area contributed by atoms with E-state index in [4.69, 9.17) is 0 Å². The van der Waals surface area contributed by atoms with E-state index in [1.807, 2.05) is 36.4 Å². The molecule has 3 amide bonds. The molecule has 0 spiro atoms. The maximum atomic E-state index is 12.4. The van der Waals surface area contributed by atoms with E-state index in [2.05, 4.69) is 16.0 Å². The van der Waals surface area contributed by atoms with E-state index in [9.17, 15) is 19.7 Å². The molecule has 144 valence electrons. The smallest absolute Gasteiger partial charge is 0.323 e. The zero-order valence-corrected chi connectivity index (χ0v) is 15.1. The molecule has 3 aromatic carbocycles. The number of benzene rings is 3. The average Bonchev–Trinajstić information content (AvgIpc) is 3.11. The van der Waals surface area contributed by atoms with Crippen LogP contribution in [0.3, 0.4) is 0 Å². The lowest BCUT2D eigenvalue weighted by Gasteiger charge is -2.13. The van der Waals surface area contributed by atoms with E-state index in [0.717, 1.165) is 16.7 Å². The summed E-state index contributed by atoms with van der Waals surface area (Å²) in [6.07, 6.45) is 0. The number of nitrogens with one attached hydrogen (secondary N) is 3. The van der Waals surface area contributed by atoms with Crippen molar-refractivity contribution < 1.29 is 14.5 Å². The van der Waals surface area contributed by atoms with Crippen LogP contribution in [0.2, 0.25) is 0 Å². The molecule has 8 heteroatoms. The van der Waals surface area contributed by atoms with Gasteiger partial charge in [-0.05, 0) is 34.9 Å². The second-order valence-electron chi connectivity index (χ2n) is 6.45. The molecule has 0 atom stereocenters. The lowest BCUT2D eigenvalue weighted by atomic mass is 9.95. The van der Waals surface area contributed by atoms with Gasteiger partial charge >= 0.3 is 6.03 Å². The van der Waals surface area contributed by atoms with Crippen LogP contribution in [-0.2, 0) is 6.54 Å². The van der Waals surface area contributed by atoms with Crippen LogP contribution in [0.4, 0.5) is 21.9 Å². The molecule has 0 saturated heterocycles. The fourth-order valence-corrected chi connectivity index (χ4v) is 3.29. The predicted octanol–water partition coefficient (Wildman–Crippen LogP) is 4.15. The third-order valence-corrected chi connectivity index (χ3v) is 4.63. The number of carbonyl (C=O) groups excluding carboxylic acids is 2. The van der Waals surface area contributed by atoms with Crippen molar-refractivity contribution in [3.05, 3.63) is 88.0 Å². The molecular formula is C21H16N4O4. The summed E-state index contributed by atoms with van der Waals surface area (Å²) in [7, 11) is 0. The first-order chi connectivity index (χ1) is 14.0. The summed E-state index contributed by atoms with van der Waals surface area (Å²) in [5, 5.41) is 18.8. The van der Waals surface area contributed by atoms with Crippen molar-refractivity contribution in [1.82, 2.24) is 5.32 Å². The minimum Gasteiger partial charge on any atom is -0.348 e. The number of nitro groups is 1. The second kappa shape index (κ2) is 7.43. The summed E-state index contributed by atoms with van der Waals surface area (Å²) in [5.74, 6) is -0.247. The Morgan fingerprint density at radius 3 is 2.38 bits per heavy atom. The van der Waals surface area contributed by atoms with Crippen molar-refractivity contribution in [1.29, 1.82) is 0 Å². The Kier molecular flexibility index (Phi) is 4.66. The predicted molar refractivity (Wildman–Crippen MR) is 109 cm³/mol. The maximum absolute atomic E-state index is 12.4. The number of non-ortho nitro benzene ring substituents is 1. The van der Waals surface area contributed by atoms with Crippen molar-refractivity contribution >= 4 is 29.0 Å². The molecule has 1 aliphatic rings. The van der Waals surface area contributed by atoms with Gasteiger partial charge in [0.2, 0.25) is 0 Å². The summed E-state index contributed by atoms with van der Waals surface area (Å²) in [5.41, 5.74) is 3.91. The van der Waals surface area contributed by atoms with E-state index in [1.165, 1.54) is 24.3 Å². The Hall–Kier alpha value is -4.20. The van der Waals surface area contributed by atoms with Gasteiger partial charge in [0.05, 0.1) is 16.2 Å². The molecule has 0 radical (unpaired) electrons. The summed E-state index contributed by atoms with van der Waals surface area (Å²) in [4.78, 5) is 34.9. The van der Waals surface area contributed by atoms with Gasteiger partial charge in [-0.15, -0.1) is 0 Å². The van der Waals surface area contributed by atoms with Crippen LogP contribution in [-0.4, -0.2) is 16.9 Å². The molecule has 4 rings (SSSR count). The van der Waals surface area contributed by atoms with Gasteiger partial charge in [0.1, 0.15) is 0 Å². The molecular weight excluding hydrogens is 372 g/mol. The number of nitrogens with zero attached hydrogens (tertiary/aromatic N) is 1. The van der Waals surface area contributed by atoms with Crippen molar-refractivity contribution in [2.75, 3.05) is 10.6 Å². The van der Waals surface area contributed by atoms with Crippen LogP contribution >= 0.6 is 0 Å². The highest BCUT2D eigenvalue weighted by Gasteiger charge is 2.26. The molecule has 1 heterocycles. The first kappa shape index (κ1) is 18.2. The largest absolute Gasteiger partial charge is 0.348 e. The Morgan fingerprint density at radius 1 is 0.966 bits per heavy atom. The average molecular weight is 388 g/mol. The third kappa shape index (κ3) is 3.63. The standard InChI is InChI=1S/C21H16N4O4/c26-20-19-17(12-22-20)16(13-4-2-1-3-5-13)10-11-18(19)24-21(27)23-14-6-8-15(9-7-14)25(28)29/h1-11H,12H2,(H,22,26)(H2,23,24,27). The molecule has 29 heavy (non-hydrogen) atoms. The molecule has 1 aliphatic heterocycles. The van der Waals surface area contributed by atoms with Gasteiger partial charge in [0.25, 0.3) is 11.6 Å². The van der Waals surface area contributed by atoms with E-state index in [1.54, 1.807) is 6.07 Å². The molecule has 8 nitrogen and oxygen atoms in total. The normalized spacial score (nSPS) is 12.1. The number of hydrogen-bond donors (Lipinski definition) is 3. The monoisotopic (exact) mass is 388 g/mol. The van der Waals surface area contributed by atoms with Crippen LogP contribution in [0.25, 0.3) is 11.1 Å². The van der Waals surface area contributed by atoms with Crippen LogP contribution in [0.1, 0.15) is 15.9 Å². The van der Waals surface area contributed by atoms with Gasteiger partial charge in [-0.25, -0.2) is 4.79 Å². The van der Waals surface area contributed by atoms with Gasteiger partial charge in [-0.1, -0.05) is 36.4 Å². The number of hydrogen-bond acceptors (Lipinski definition) is 4. The quantitative estimate of drug-likeness (QED) is 0.460. The van der Waals surface area contributed by atoms with Crippen LogP contribution < -0.4 is 16.0 Å². The Bertz CT molecular complexity index is 1110. The summed E-state index contributed by atoms with van der Waals surface area (Å²) in [6, 6.07) is 18.2. The molecule has 0 aliphatic carbocycles. The number of anilines is 2. The molecule has 0 fully saturated rings. The zero-order chi connectivity index (χ0) is 20.4. The second-order valence-corrected chi connectivity index (χ2v) is 6.45. The lowest BCUT2D eigenvalue weighted by molar-refractivity contribution is -0.384. The van der Waals surface area contributed by atoms with Gasteiger partial charge in [0.15, 0.2) is 0 Å². The van der Waals surface area contributed by atoms with E-state index in [-0.39, 0.29) is 11.6 Å². The van der Waals surface area contributed by atoms with Crippen molar-refractivity contribution in [3.8, 4) is 11.1 Å². The molecule has 0 unspecified atom stereocenters. The SMILES string of the molecule is O=C(Nc1ccc([N+](=O)[O-])cc1)Nc1ccc(-c2ccccc2)c2c1C(=O)NC2. The highest BCUT2D eigenvalue weighted by Crippen LogP contribution is 2.34. The minimum absolute atomic E-state index is 0.0676. The molecule has 3 N–H and O–H groups in total. The Balaban J connectivity index is 1.57. The number of fused-ring (bicyclic) bond motifs is 1. The first-order valence-electron chi connectivity index (χ1n) is 8.85. The minimum atomic E-state index is -0.548. The van der Waals surface area contributed by atoms with E-state index < -0.39 is 11.0 Å². The summed E-state index contributed by atoms with van der Waals surface area (Å²) in [6.45, 7) is 0.387. The number of rotatable bonds is 4. The number of carbonyl (C=O) groups is 2. The summed E-state index contributed by atoms with van der Waals surface area (Å²) >= 11 is 0. The highest BCUT2D eigenvalue weighted by molar-refractivity contribution is 6.10. The Labute approximate surface area is 165 Å². The fraction of sp³-hybridized carbons (Fsp3) is 0.0476. The van der Waals surface area contributed by atoms with Gasteiger partial charge in [-0.2, -0.15) is 0 Å². The third-order valence-electron chi connectivity index (χ3n) is 4.63. The Morgan fingerprint density at radius 2 is 1.69 bits per heavy atom. The zero-order valence-electron chi connectivity index (χ0n) is 15.1. The van der Waals surface area contributed by atoms with E-state index in [0.29, 0.717) is 23.5 Å². The number of nitro benzene ring substituents is 1. The topological polar surface area (TPSA) is 113 Å². The van der Waals surface area contributed by atoms with Gasteiger partial charge in [0, 0.05) is 24.4 Å². The van der Waals surface area contributed by atoms with Crippen LogP contribution in [0.15, 0.2) is 66.7 Å². The van der Waals surface area contributed by atoms with Crippen LogP contribution in [0, 0.1) is 10.1 Å². The maximum Gasteiger partial charge on any atom is 0.323 e.